The van der Waals surface area contributed by atoms with Crippen LogP contribution in [0.15, 0.2) is 54.9 Å². The molecule has 1 atom stereocenters. The largest absolute Gasteiger partial charge is 0.433 e. The number of aromatic nitrogens is 4. The molecule has 1 unspecified atom stereocenters. The number of alkyl halides is 3. The standard InChI is InChI=1S/C21H17ClF3N5O/c1-12-11-16(21(23,24)25)30-19(26-12)17(22)18(28-30)20(31)27-13(2)14-5-7-15(8-6-14)29-9-3-4-10-29/h3-11,13H,1-2H3,(H,27,31). The lowest BCUT2D eigenvalue weighted by Crippen LogP contribution is -2.27. The molecule has 10 heteroatoms. The van der Waals surface area contributed by atoms with Gasteiger partial charge in [0.2, 0.25) is 0 Å². The van der Waals surface area contributed by atoms with Crippen molar-refractivity contribution >= 4 is 23.2 Å². The van der Waals surface area contributed by atoms with Crippen molar-refractivity contribution in [2.24, 2.45) is 0 Å². The molecular weight excluding hydrogens is 431 g/mol. The Morgan fingerprint density at radius 3 is 2.42 bits per heavy atom. The van der Waals surface area contributed by atoms with E-state index in [-0.39, 0.29) is 22.1 Å². The molecule has 0 aliphatic heterocycles. The molecular formula is C21H17ClF3N5O. The lowest BCUT2D eigenvalue weighted by atomic mass is 10.1. The van der Waals surface area contributed by atoms with Crippen LogP contribution >= 0.6 is 11.6 Å². The second kappa shape index (κ2) is 7.73. The third-order valence-corrected chi connectivity index (χ3v) is 5.16. The summed E-state index contributed by atoms with van der Waals surface area (Å²) in [4.78, 5) is 16.7. The number of carbonyl (C=O) groups is 1. The summed E-state index contributed by atoms with van der Waals surface area (Å²) in [5.74, 6) is -0.691. The van der Waals surface area contributed by atoms with Crippen LogP contribution in [0.25, 0.3) is 11.3 Å². The van der Waals surface area contributed by atoms with E-state index in [1.165, 1.54) is 6.92 Å². The van der Waals surface area contributed by atoms with Gasteiger partial charge in [-0.1, -0.05) is 23.7 Å². The van der Waals surface area contributed by atoms with Gasteiger partial charge in [-0.2, -0.15) is 18.3 Å². The molecule has 0 aliphatic rings. The van der Waals surface area contributed by atoms with E-state index in [9.17, 15) is 18.0 Å². The highest BCUT2D eigenvalue weighted by Crippen LogP contribution is 2.32. The first-order valence-electron chi connectivity index (χ1n) is 9.32. The highest BCUT2D eigenvalue weighted by Gasteiger charge is 2.36. The summed E-state index contributed by atoms with van der Waals surface area (Å²) < 4.78 is 42.6. The Balaban J connectivity index is 1.60. The van der Waals surface area contributed by atoms with Crippen LogP contribution in [0.4, 0.5) is 13.2 Å². The molecule has 1 aromatic carbocycles. The number of hydrogen-bond acceptors (Lipinski definition) is 3. The third-order valence-electron chi connectivity index (χ3n) is 4.81. The highest BCUT2D eigenvalue weighted by molar-refractivity contribution is 6.36. The number of nitrogens with zero attached hydrogens (tertiary/aromatic N) is 4. The Kier molecular flexibility index (Phi) is 5.22. The van der Waals surface area contributed by atoms with Gasteiger partial charge in [0.1, 0.15) is 10.7 Å². The first-order valence-corrected chi connectivity index (χ1v) is 9.70. The van der Waals surface area contributed by atoms with Crippen LogP contribution < -0.4 is 5.32 Å². The van der Waals surface area contributed by atoms with Crippen LogP contribution in [0.3, 0.4) is 0 Å². The minimum absolute atomic E-state index is 0.115. The van der Waals surface area contributed by atoms with Crippen molar-refractivity contribution in [2.45, 2.75) is 26.1 Å². The van der Waals surface area contributed by atoms with Crippen LogP contribution in [-0.2, 0) is 6.18 Å². The molecule has 160 valence electrons. The monoisotopic (exact) mass is 447 g/mol. The number of carbonyl (C=O) groups excluding carboxylic acids is 1. The molecule has 6 nitrogen and oxygen atoms in total. The van der Waals surface area contributed by atoms with Crippen LogP contribution in [0.2, 0.25) is 5.02 Å². The average Bonchev–Trinajstić information content (AvgIpc) is 3.36. The third kappa shape index (κ3) is 4.00. The number of halogens is 4. The lowest BCUT2D eigenvalue weighted by Gasteiger charge is -2.14. The smallest absolute Gasteiger partial charge is 0.344 e. The Morgan fingerprint density at radius 1 is 1.16 bits per heavy atom. The first kappa shape index (κ1) is 20.9. The Bertz CT molecular complexity index is 1250. The highest BCUT2D eigenvalue weighted by atomic mass is 35.5. The molecule has 0 spiro atoms. The molecule has 4 aromatic rings. The van der Waals surface area contributed by atoms with Crippen molar-refractivity contribution in [3.63, 3.8) is 0 Å². The van der Waals surface area contributed by atoms with Crippen molar-refractivity contribution in [3.05, 3.63) is 82.5 Å². The van der Waals surface area contributed by atoms with Crippen molar-refractivity contribution < 1.29 is 18.0 Å². The minimum atomic E-state index is -4.68. The predicted octanol–water partition coefficient (Wildman–Crippen LogP) is 4.99. The van der Waals surface area contributed by atoms with Gasteiger partial charge in [-0.15, -0.1) is 0 Å². The van der Waals surface area contributed by atoms with Gasteiger partial charge >= 0.3 is 6.18 Å². The van der Waals surface area contributed by atoms with Gasteiger partial charge in [0, 0.05) is 23.8 Å². The number of nitrogens with one attached hydrogen (secondary N) is 1. The van der Waals surface area contributed by atoms with Crippen LogP contribution in [-0.4, -0.2) is 25.1 Å². The fourth-order valence-corrected chi connectivity index (χ4v) is 3.50. The molecule has 0 saturated heterocycles. The van der Waals surface area contributed by atoms with Gasteiger partial charge in [0.05, 0.1) is 6.04 Å². The number of amides is 1. The lowest BCUT2D eigenvalue weighted by molar-refractivity contribution is -0.142. The predicted molar refractivity (Wildman–Crippen MR) is 109 cm³/mol. The second-order valence-corrected chi connectivity index (χ2v) is 7.43. The number of aryl methyl sites for hydroxylation is 1. The number of hydrogen-bond donors (Lipinski definition) is 1. The molecule has 1 N–H and O–H groups in total. The summed E-state index contributed by atoms with van der Waals surface area (Å²) in [6, 6.07) is 11.8. The topological polar surface area (TPSA) is 64.2 Å². The Hall–Kier alpha value is -3.33. The summed E-state index contributed by atoms with van der Waals surface area (Å²) >= 11 is 6.18. The van der Waals surface area contributed by atoms with E-state index in [4.69, 9.17) is 11.6 Å². The van der Waals surface area contributed by atoms with E-state index in [0.29, 0.717) is 4.52 Å². The van der Waals surface area contributed by atoms with Crippen molar-refractivity contribution in [1.29, 1.82) is 0 Å². The SMILES string of the molecule is Cc1cc(C(F)(F)F)n2nc(C(=O)NC(C)c3ccc(-n4cccc4)cc3)c(Cl)c2n1. The van der Waals surface area contributed by atoms with Gasteiger partial charge in [0.15, 0.2) is 11.3 Å². The van der Waals surface area contributed by atoms with Gasteiger partial charge < -0.3 is 9.88 Å². The molecule has 0 bridgehead atoms. The molecule has 3 heterocycles. The Labute approximate surface area is 180 Å². The summed E-state index contributed by atoms with van der Waals surface area (Å²) in [7, 11) is 0. The van der Waals surface area contributed by atoms with Gasteiger partial charge in [-0.05, 0) is 49.7 Å². The molecule has 0 radical (unpaired) electrons. The van der Waals surface area contributed by atoms with Crippen molar-refractivity contribution in [1.82, 2.24) is 24.5 Å². The first-order chi connectivity index (χ1) is 14.6. The molecule has 31 heavy (non-hydrogen) atoms. The van der Waals surface area contributed by atoms with E-state index < -0.39 is 23.8 Å². The fourth-order valence-electron chi connectivity index (χ4n) is 3.25. The van der Waals surface area contributed by atoms with E-state index in [0.717, 1.165) is 17.3 Å². The molecule has 0 aliphatic carbocycles. The zero-order valence-electron chi connectivity index (χ0n) is 16.5. The normalized spacial score (nSPS) is 12.8. The maximum absolute atomic E-state index is 13.4. The maximum atomic E-state index is 13.4. The molecule has 1 amide bonds. The minimum Gasteiger partial charge on any atom is -0.344 e. The second-order valence-electron chi connectivity index (χ2n) is 7.06. The van der Waals surface area contributed by atoms with E-state index in [1.807, 2.05) is 53.4 Å². The quantitative estimate of drug-likeness (QED) is 0.479. The van der Waals surface area contributed by atoms with Gasteiger partial charge in [-0.3, -0.25) is 4.79 Å². The molecule has 3 aromatic heterocycles. The van der Waals surface area contributed by atoms with Gasteiger partial charge in [-0.25, -0.2) is 9.50 Å². The molecule has 0 saturated carbocycles. The average molecular weight is 448 g/mol. The van der Waals surface area contributed by atoms with E-state index >= 15 is 0 Å². The van der Waals surface area contributed by atoms with Gasteiger partial charge in [0.25, 0.3) is 5.91 Å². The van der Waals surface area contributed by atoms with Crippen LogP contribution in [0.5, 0.6) is 0 Å². The Morgan fingerprint density at radius 2 is 1.81 bits per heavy atom. The summed E-state index contributed by atoms with van der Waals surface area (Å²) in [5.41, 5.74) is 0.296. The van der Waals surface area contributed by atoms with Crippen LogP contribution in [0, 0.1) is 6.92 Å². The van der Waals surface area contributed by atoms with Crippen molar-refractivity contribution in [2.75, 3.05) is 0 Å². The van der Waals surface area contributed by atoms with E-state index in [2.05, 4.69) is 15.4 Å². The fraction of sp³-hybridized carbons (Fsp3) is 0.190. The number of benzene rings is 1. The molecule has 0 fully saturated rings. The maximum Gasteiger partial charge on any atom is 0.433 e. The summed E-state index contributed by atoms with van der Waals surface area (Å²) in [6.45, 7) is 3.17. The van der Waals surface area contributed by atoms with Crippen LogP contribution in [0.1, 0.15) is 40.4 Å². The number of fused-ring (bicyclic) bond motifs is 1. The zero-order chi connectivity index (χ0) is 22.3. The zero-order valence-corrected chi connectivity index (χ0v) is 17.2. The summed E-state index contributed by atoms with van der Waals surface area (Å²) in [5, 5.41) is 6.29. The molecule has 4 rings (SSSR count). The number of rotatable bonds is 4. The summed E-state index contributed by atoms with van der Waals surface area (Å²) in [6.07, 6.45) is -0.850. The van der Waals surface area contributed by atoms with Crippen molar-refractivity contribution in [3.8, 4) is 5.69 Å². The van der Waals surface area contributed by atoms with E-state index in [1.54, 1.807) is 6.92 Å².